The van der Waals surface area contributed by atoms with Gasteiger partial charge in [-0.25, -0.2) is 0 Å². The van der Waals surface area contributed by atoms with Crippen molar-refractivity contribution in [2.75, 3.05) is 32.1 Å². The monoisotopic (exact) mass is 258 g/mol. The number of rotatable bonds is 1. The Balaban J connectivity index is 1.78. The lowest BCUT2D eigenvalue weighted by atomic mass is 9.69. The summed E-state index contributed by atoms with van der Waals surface area (Å²) in [5, 5.41) is 13.1. The van der Waals surface area contributed by atoms with E-state index in [1.54, 1.807) is 11.1 Å². The number of likely N-dealkylation sites (N-methyl/N-ethyl adjacent to an activating group) is 1. The molecule has 0 amide bonds. The van der Waals surface area contributed by atoms with E-state index >= 15 is 0 Å². The zero-order valence-corrected chi connectivity index (χ0v) is 11.5. The number of hydrogen-bond donors (Lipinski definition) is 2. The number of nitrogens with one attached hydrogen (secondary N) is 1. The van der Waals surface area contributed by atoms with E-state index in [0.29, 0.717) is 30.4 Å². The van der Waals surface area contributed by atoms with Crippen LogP contribution in [0.2, 0.25) is 0 Å². The van der Waals surface area contributed by atoms with Crippen LogP contribution in [-0.2, 0) is 0 Å². The Kier molecular flexibility index (Phi) is 2.61. The maximum absolute atomic E-state index is 9.53. The molecule has 2 aliphatic heterocycles. The third-order valence-corrected chi connectivity index (χ3v) is 5.43. The standard InChI is InChI=1S/C16H22N2O/c1-18-8-10(9-19)5-13-12-3-2-4-14-16(12)11(7-17-14)6-15(13)18/h2-4,10-11,13,15,17,19H,5-9H2,1H3/t10-,11?,13-,15-/m1/s1. The first-order chi connectivity index (χ1) is 9.28. The van der Waals surface area contributed by atoms with Gasteiger partial charge in [0.25, 0.3) is 0 Å². The van der Waals surface area contributed by atoms with Crippen LogP contribution < -0.4 is 5.32 Å². The van der Waals surface area contributed by atoms with Gasteiger partial charge in [0.15, 0.2) is 0 Å². The molecule has 0 saturated carbocycles. The van der Waals surface area contributed by atoms with Crippen molar-refractivity contribution >= 4 is 5.69 Å². The molecule has 1 saturated heterocycles. The Morgan fingerprint density at radius 3 is 3.11 bits per heavy atom. The molecule has 4 atom stereocenters. The highest BCUT2D eigenvalue weighted by atomic mass is 16.3. The second-order valence-corrected chi connectivity index (χ2v) is 6.52. The van der Waals surface area contributed by atoms with Crippen LogP contribution in [0.25, 0.3) is 0 Å². The zero-order chi connectivity index (χ0) is 13.0. The molecule has 3 nitrogen and oxygen atoms in total. The highest BCUT2D eigenvalue weighted by Gasteiger charge is 2.43. The summed E-state index contributed by atoms with van der Waals surface area (Å²) < 4.78 is 0. The van der Waals surface area contributed by atoms with E-state index in [-0.39, 0.29) is 0 Å². The quantitative estimate of drug-likeness (QED) is 0.808. The zero-order valence-electron chi connectivity index (χ0n) is 11.5. The lowest BCUT2D eigenvalue weighted by molar-refractivity contribution is 0.0660. The molecule has 2 N–H and O–H groups in total. The predicted molar refractivity (Wildman–Crippen MR) is 76.6 cm³/mol. The molecule has 1 fully saturated rings. The smallest absolute Gasteiger partial charge is 0.0471 e. The molecule has 19 heavy (non-hydrogen) atoms. The normalized spacial score (nSPS) is 36.5. The van der Waals surface area contributed by atoms with E-state index in [0.717, 1.165) is 19.5 Å². The summed E-state index contributed by atoms with van der Waals surface area (Å²) in [5.41, 5.74) is 4.49. The molecular weight excluding hydrogens is 236 g/mol. The van der Waals surface area contributed by atoms with Crippen molar-refractivity contribution in [3.05, 3.63) is 29.3 Å². The fraction of sp³-hybridized carbons (Fsp3) is 0.625. The van der Waals surface area contributed by atoms with Crippen molar-refractivity contribution in [1.82, 2.24) is 4.90 Å². The van der Waals surface area contributed by atoms with Crippen molar-refractivity contribution in [2.45, 2.75) is 30.7 Å². The number of anilines is 1. The molecule has 102 valence electrons. The van der Waals surface area contributed by atoms with E-state index in [1.807, 2.05) is 0 Å². The van der Waals surface area contributed by atoms with Gasteiger partial charge in [0.2, 0.25) is 0 Å². The van der Waals surface area contributed by atoms with E-state index in [2.05, 4.69) is 35.5 Å². The third kappa shape index (κ3) is 1.65. The van der Waals surface area contributed by atoms with E-state index in [4.69, 9.17) is 0 Å². The van der Waals surface area contributed by atoms with Crippen LogP contribution in [0.4, 0.5) is 5.69 Å². The first-order valence-electron chi connectivity index (χ1n) is 7.45. The minimum Gasteiger partial charge on any atom is -0.396 e. The van der Waals surface area contributed by atoms with Gasteiger partial charge in [0.05, 0.1) is 0 Å². The second-order valence-electron chi connectivity index (χ2n) is 6.52. The van der Waals surface area contributed by atoms with Crippen molar-refractivity contribution in [3.63, 3.8) is 0 Å². The van der Waals surface area contributed by atoms with E-state index < -0.39 is 0 Å². The van der Waals surface area contributed by atoms with Gasteiger partial charge >= 0.3 is 0 Å². The second kappa shape index (κ2) is 4.22. The van der Waals surface area contributed by atoms with Crippen LogP contribution in [-0.4, -0.2) is 42.8 Å². The highest BCUT2D eigenvalue weighted by molar-refractivity contribution is 5.63. The van der Waals surface area contributed by atoms with E-state index in [1.165, 1.54) is 12.1 Å². The van der Waals surface area contributed by atoms with Gasteiger partial charge in [-0.05, 0) is 43.0 Å². The molecule has 0 radical (unpaired) electrons. The molecule has 1 aliphatic carbocycles. The number of aliphatic hydroxyl groups excluding tert-OH is 1. The summed E-state index contributed by atoms with van der Waals surface area (Å²) in [6.07, 6.45) is 2.42. The summed E-state index contributed by atoms with van der Waals surface area (Å²) in [5.74, 6) is 1.75. The Labute approximate surface area is 114 Å². The van der Waals surface area contributed by atoms with Crippen LogP contribution >= 0.6 is 0 Å². The summed E-state index contributed by atoms with van der Waals surface area (Å²) in [4.78, 5) is 2.49. The van der Waals surface area contributed by atoms with Crippen molar-refractivity contribution in [1.29, 1.82) is 0 Å². The molecule has 2 heterocycles. The lowest BCUT2D eigenvalue weighted by Gasteiger charge is -2.47. The SMILES string of the molecule is CN1C[C@H](CO)C[C@@H]2c3cccc4c3C(CN4)C[C@H]21. The topological polar surface area (TPSA) is 35.5 Å². The molecule has 1 unspecified atom stereocenters. The minimum atomic E-state index is 0.324. The van der Waals surface area contributed by atoms with Crippen LogP contribution in [0.1, 0.15) is 35.8 Å². The maximum atomic E-state index is 9.53. The molecule has 1 aromatic carbocycles. The Morgan fingerprint density at radius 2 is 2.26 bits per heavy atom. The Bertz CT molecular complexity index is 502. The van der Waals surface area contributed by atoms with Gasteiger partial charge in [-0.2, -0.15) is 0 Å². The highest BCUT2D eigenvalue weighted by Crippen LogP contribution is 2.50. The summed E-state index contributed by atoms with van der Waals surface area (Å²) in [6.45, 7) is 2.48. The number of aliphatic hydroxyl groups is 1. The predicted octanol–water partition coefficient (Wildman–Crippen LogP) is 2.00. The lowest BCUT2D eigenvalue weighted by Crippen LogP contribution is -2.48. The number of piperidine rings is 1. The first kappa shape index (κ1) is 11.7. The molecule has 3 heteroatoms. The van der Waals surface area contributed by atoms with E-state index in [9.17, 15) is 5.11 Å². The first-order valence-corrected chi connectivity index (χ1v) is 7.45. The van der Waals surface area contributed by atoms with Crippen LogP contribution in [0.3, 0.4) is 0 Å². The van der Waals surface area contributed by atoms with Gasteiger partial charge in [-0.15, -0.1) is 0 Å². The number of hydrogen-bond acceptors (Lipinski definition) is 3. The van der Waals surface area contributed by atoms with Crippen molar-refractivity contribution in [3.8, 4) is 0 Å². The van der Waals surface area contributed by atoms with Crippen LogP contribution in [0.5, 0.6) is 0 Å². The molecular formula is C16H22N2O. The van der Waals surface area contributed by atoms with Gasteiger partial charge in [-0.1, -0.05) is 12.1 Å². The van der Waals surface area contributed by atoms with Crippen molar-refractivity contribution in [2.24, 2.45) is 5.92 Å². The Morgan fingerprint density at radius 1 is 1.37 bits per heavy atom. The average molecular weight is 258 g/mol. The maximum Gasteiger partial charge on any atom is 0.0471 e. The van der Waals surface area contributed by atoms with Crippen LogP contribution in [0, 0.1) is 5.92 Å². The molecule has 1 aromatic rings. The number of benzene rings is 1. The summed E-state index contributed by atoms with van der Waals surface area (Å²) in [6, 6.07) is 7.39. The number of likely N-dealkylation sites (tertiary alicyclic amines) is 1. The Hall–Kier alpha value is -1.06. The number of fused-ring (bicyclic) bond motifs is 2. The summed E-state index contributed by atoms with van der Waals surface area (Å²) in [7, 11) is 2.23. The molecule has 0 aromatic heterocycles. The molecule has 0 spiro atoms. The molecule has 3 aliphatic rings. The van der Waals surface area contributed by atoms with Gasteiger partial charge < -0.3 is 15.3 Å². The number of nitrogens with zero attached hydrogens (tertiary/aromatic N) is 1. The average Bonchev–Trinajstić information content (AvgIpc) is 2.85. The van der Waals surface area contributed by atoms with Crippen molar-refractivity contribution < 1.29 is 5.11 Å². The molecule has 4 rings (SSSR count). The van der Waals surface area contributed by atoms with Crippen LogP contribution in [0.15, 0.2) is 18.2 Å². The van der Waals surface area contributed by atoms with Gasteiger partial charge in [0, 0.05) is 43.3 Å². The van der Waals surface area contributed by atoms with Gasteiger partial charge in [-0.3, -0.25) is 0 Å². The van der Waals surface area contributed by atoms with Gasteiger partial charge in [0.1, 0.15) is 0 Å². The summed E-state index contributed by atoms with van der Waals surface area (Å²) >= 11 is 0. The largest absolute Gasteiger partial charge is 0.396 e. The third-order valence-electron chi connectivity index (χ3n) is 5.43. The molecule has 0 bridgehead atoms. The fourth-order valence-electron chi connectivity index (χ4n) is 4.60. The minimum absolute atomic E-state index is 0.324. The fourth-order valence-corrected chi connectivity index (χ4v) is 4.60.